The molecule has 0 aliphatic carbocycles. The summed E-state index contributed by atoms with van der Waals surface area (Å²) in [5.41, 5.74) is 1.77. The molecule has 0 bridgehead atoms. The maximum Gasteiger partial charge on any atom is 0.0302 e. The minimum Gasteiger partial charge on any atom is -0.443 e. The summed E-state index contributed by atoms with van der Waals surface area (Å²) in [4.78, 5) is 11.8. The number of nitrogens with zero attached hydrogens (tertiary/aromatic N) is 3. The Labute approximate surface area is 71.5 Å². The molecule has 0 spiro atoms. The van der Waals surface area contributed by atoms with Crippen LogP contribution in [0.4, 0.5) is 0 Å². The molecule has 51 valence electrons. The molecule has 3 nitrogen and oxygen atoms in total. The third-order valence-electron chi connectivity index (χ3n) is 1.17. The standard InChI is InChI=1S/C6H4N3.Re/c1-2-7-3-6-5(1)8-4-9-6;/h1-4H;/q-1;. The molecule has 2 aromatic rings. The van der Waals surface area contributed by atoms with E-state index in [0.717, 1.165) is 11.0 Å². The van der Waals surface area contributed by atoms with Crippen molar-refractivity contribution in [1.82, 2.24) is 15.0 Å². The van der Waals surface area contributed by atoms with Gasteiger partial charge >= 0.3 is 0 Å². The molecule has 0 unspecified atom stereocenters. The number of hydrogen-bond acceptors (Lipinski definition) is 2. The average molecular weight is 304 g/mol. The van der Waals surface area contributed by atoms with Gasteiger partial charge in [-0.25, -0.2) is 0 Å². The van der Waals surface area contributed by atoms with Crippen LogP contribution in [0.2, 0.25) is 0 Å². The zero-order valence-corrected chi connectivity index (χ0v) is 7.74. The summed E-state index contributed by atoms with van der Waals surface area (Å²) in [6.07, 6.45) is 4.94. The van der Waals surface area contributed by atoms with Crippen LogP contribution < -0.4 is 4.98 Å². The summed E-state index contributed by atoms with van der Waals surface area (Å²) in [5, 5.41) is 0. The molecule has 2 aromatic heterocycles. The van der Waals surface area contributed by atoms with Crippen LogP contribution in [0.1, 0.15) is 0 Å². The zero-order valence-electron chi connectivity index (χ0n) is 5.03. The van der Waals surface area contributed by atoms with Crippen LogP contribution in [-0.2, 0) is 20.4 Å². The molecule has 2 heterocycles. The van der Waals surface area contributed by atoms with Crippen LogP contribution in [0.15, 0.2) is 24.8 Å². The van der Waals surface area contributed by atoms with E-state index in [2.05, 4.69) is 15.0 Å². The fourth-order valence-corrected chi connectivity index (χ4v) is 0.741. The first kappa shape index (κ1) is 7.39. The zero-order chi connectivity index (χ0) is 6.10. The Kier molecular flexibility index (Phi) is 2.15. The first-order chi connectivity index (χ1) is 4.47. The largest absolute Gasteiger partial charge is 0.443 e. The van der Waals surface area contributed by atoms with Crippen LogP contribution >= 0.6 is 0 Å². The first-order valence-electron chi connectivity index (χ1n) is 2.64. The van der Waals surface area contributed by atoms with Gasteiger partial charge in [-0.1, -0.05) is 6.33 Å². The van der Waals surface area contributed by atoms with E-state index in [1.807, 2.05) is 6.07 Å². The van der Waals surface area contributed by atoms with Crippen molar-refractivity contribution in [2.75, 3.05) is 0 Å². The second-order valence-electron chi connectivity index (χ2n) is 1.74. The summed E-state index contributed by atoms with van der Waals surface area (Å²) in [6.45, 7) is 0. The Bertz CT molecular complexity index is 287. The van der Waals surface area contributed by atoms with E-state index in [0.29, 0.717) is 0 Å². The topological polar surface area (TPSA) is 39.9 Å². The Hall–Kier alpha value is -0.718. The van der Waals surface area contributed by atoms with E-state index in [9.17, 15) is 0 Å². The average Bonchev–Trinajstić information content (AvgIpc) is 2.33. The van der Waals surface area contributed by atoms with Gasteiger partial charge in [0, 0.05) is 32.8 Å². The van der Waals surface area contributed by atoms with E-state index in [1.165, 1.54) is 6.33 Å². The van der Waals surface area contributed by atoms with Crippen LogP contribution in [0.3, 0.4) is 0 Å². The molecule has 0 aliphatic rings. The van der Waals surface area contributed by atoms with Crippen molar-refractivity contribution in [2.24, 2.45) is 0 Å². The Balaban J connectivity index is 0.000000500. The van der Waals surface area contributed by atoms with E-state index < -0.39 is 0 Å². The summed E-state index contributed by atoms with van der Waals surface area (Å²) in [6, 6.07) is 1.84. The third kappa shape index (κ3) is 1.08. The third-order valence-corrected chi connectivity index (χ3v) is 1.17. The van der Waals surface area contributed by atoms with Crippen LogP contribution in [0.5, 0.6) is 0 Å². The maximum atomic E-state index is 3.97. The van der Waals surface area contributed by atoms with Crippen molar-refractivity contribution in [2.45, 2.75) is 0 Å². The number of fused-ring (bicyclic) bond motifs is 1. The molecule has 0 saturated carbocycles. The number of aromatic nitrogens is 3. The minimum absolute atomic E-state index is 0. The fourth-order valence-electron chi connectivity index (χ4n) is 0.741. The molecule has 0 atom stereocenters. The number of imidazole rings is 1. The molecular formula is C6H4N3Re-. The molecule has 2 rings (SSSR count). The molecule has 10 heavy (non-hydrogen) atoms. The van der Waals surface area contributed by atoms with Gasteiger partial charge < -0.3 is 9.97 Å². The van der Waals surface area contributed by atoms with Gasteiger partial charge in [0.1, 0.15) is 0 Å². The van der Waals surface area contributed by atoms with E-state index >= 15 is 0 Å². The van der Waals surface area contributed by atoms with Crippen LogP contribution in [0.25, 0.3) is 11.0 Å². The Morgan fingerprint density at radius 2 is 2.30 bits per heavy atom. The van der Waals surface area contributed by atoms with Gasteiger partial charge in [0.15, 0.2) is 0 Å². The number of rotatable bonds is 0. The quantitative estimate of drug-likeness (QED) is 0.715. The van der Waals surface area contributed by atoms with Gasteiger partial charge in [-0.15, -0.1) is 0 Å². The predicted molar refractivity (Wildman–Crippen MR) is 32.9 cm³/mol. The Morgan fingerprint density at radius 1 is 1.40 bits per heavy atom. The number of pyridine rings is 1. The molecular weight excluding hydrogens is 300 g/mol. The molecule has 0 aromatic carbocycles. The second-order valence-corrected chi connectivity index (χ2v) is 1.74. The molecule has 0 aliphatic heterocycles. The monoisotopic (exact) mass is 305 g/mol. The normalized spacial score (nSPS) is 9.20. The second kappa shape index (κ2) is 2.91. The predicted octanol–water partition coefficient (Wildman–Crippen LogP) is 0.584. The van der Waals surface area contributed by atoms with Crippen molar-refractivity contribution < 1.29 is 20.4 Å². The van der Waals surface area contributed by atoms with Crippen molar-refractivity contribution in [1.29, 1.82) is 0 Å². The molecule has 1 radical (unpaired) electrons. The van der Waals surface area contributed by atoms with Gasteiger partial charge in [-0.2, -0.15) is 0 Å². The fraction of sp³-hybridized carbons (Fsp3) is 0. The van der Waals surface area contributed by atoms with Crippen LogP contribution in [-0.4, -0.2) is 9.97 Å². The van der Waals surface area contributed by atoms with Gasteiger partial charge in [-0.3, -0.25) is 4.98 Å². The van der Waals surface area contributed by atoms with Crippen molar-refractivity contribution >= 4 is 11.0 Å². The van der Waals surface area contributed by atoms with Gasteiger partial charge in [0.25, 0.3) is 0 Å². The van der Waals surface area contributed by atoms with Gasteiger partial charge in [0.05, 0.1) is 0 Å². The van der Waals surface area contributed by atoms with Crippen molar-refractivity contribution in [3.8, 4) is 0 Å². The molecule has 4 heteroatoms. The van der Waals surface area contributed by atoms with Gasteiger partial charge in [0.2, 0.25) is 0 Å². The molecule has 0 fully saturated rings. The van der Waals surface area contributed by atoms with E-state index in [4.69, 9.17) is 0 Å². The number of hydrogen-bond donors (Lipinski definition) is 0. The minimum atomic E-state index is 0. The summed E-state index contributed by atoms with van der Waals surface area (Å²) in [7, 11) is 0. The van der Waals surface area contributed by atoms with Crippen molar-refractivity contribution in [3.63, 3.8) is 0 Å². The Morgan fingerprint density at radius 3 is 3.10 bits per heavy atom. The van der Waals surface area contributed by atoms with E-state index in [1.54, 1.807) is 12.4 Å². The molecule has 0 saturated heterocycles. The summed E-state index contributed by atoms with van der Waals surface area (Å²) in [5.74, 6) is 0. The maximum absolute atomic E-state index is 3.97. The SMILES string of the molecule is [Re].c1cc2[n-]cnc2cn1. The van der Waals surface area contributed by atoms with Gasteiger partial charge in [-0.05, 0) is 17.1 Å². The summed E-state index contributed by atoms with van der Waals surface area (Å²) < 4.78 is 0. The smallest absolute Gasteiger partial charge is 0.0302 e. The molecule has 0 amide bonds. The first-order valence-corrected chi connectivity index (χ1v) is 2.64. The van der Waals surface area contributed by atoms with E-state index in [-0.39, 0.29) is 20.4 Å². The van der Waals surface area contributed by atoms with Crippen LogP contribution in [0, 0.1) is 0 Å². The van der Waals surface area contributed by atoms with Crippen molar-refractivity contribution in [3.05, 3.63) is 24.8 Å². The molecule has 0 N–H and O–H groups in total. The summed E-state index contributed by atoms with van der Waals surface area (Å²) >= 11 is 0.